The molecule has 0 unspecified atom stereocenters. The van der Waals surface area contributed by atoms with Crippen LogP contribution in [-0.2, 0) is 10.6 Å². The third-order valence-corrected chi connectivity index (χ3v) is 4.27. The number of Topliss-reactive ketones (excluding diaryl/α,β-unsaturated/α-hetero) is 1. The summed E-state index contributed by atoms with van der Waals surface area (Å²) in [4.78, 5) is 13.1. The van der Waals surface area contributed by atoms with E-state index in [1.54, 1.807) is 0 Å². The summed E-state index contributed by atoms with van der Waals surface area (Å²) in [7, 11) is 0. The summed E-state index contributed by atoms with van der Waals surface area (Å²) in [5, 5.41) is 0. The molecule has 86 valence electrons. The lowest BCUT2D eigenvalue weighted by Gasteiger charge is -2.26. The highest BCUT2D eigenvalue weighted by atomic mass is 32.2. The summed E-state index contributed by atoms with van der Waals surface area (Å²) >= 11 is 1.20. The fourth-order valence-electron chi connectivity index (χ4n) is 2.20. The van der Waals surface area contributed by atoms with Crippen LogP contribution in [0.3, 0.4) is 0 Å². The first-order valence-electron chi connectivity index (χ1n) is 5.56. The second kappa shape index (κ2) is 3.77. The van der Waals surface area contributed by atoms with Crippen LogP contribution in [0.1, 0.15) is 29.8 Å². The van der Waals surface area contributed by atoms with Crippen molar-refractivity contribution < 1.29 is 8.98 Å². The van der Waals surface area contributed by atoms with E-state index in [4.69, 9.17) is 4.18 Å². The van der Waals surface area contributed by atoms with Gasteiger partial charge in [0.15, 0.2) is 0 Å². The predicted molar refractivity (Wildman–Crippen MR) is 68.6 cm³/mol. The van der Waals surface area contributed by atoms with Gasteiger partial charge in [0.05, 0.1) is 16.9 Å². The SMILES string of the molecule is CC1=C(C)C2=C(SO1)C(=O)c1ccccc1C2. The number of hydrogen-bond donors (Lipinski definition) is 0. The van der Waals surface area contributed by atoms with Gasteiger partial charge in [0, 0.05) is 5.56 Å². The number of allylic oxidation sites excluding steroid dienone is 4. The molecule has 17 heavy (non-hydrogen) atoms. The van der Waals surface area contributed by atoms with E-state index in [9.17, 15) is 4.79 Å². The van der Waals surface area contributed by atoms with E-state index < -0.39 is 0 Å². The van der Waals surface area contributed by atoms with Gasteiger partial charge in [-0.1, -0.05) is 24.3 Å². The van der Waals surface area contributed by atoms with Gasteiger partial charge in [-0.15, -0.1) is 0 Å². The van der Waals surface area contributed by atoms with Gasteiger partial charge in [0.25, 0.3) is 0 Å². The predicted octanol–water partition coefficient (Wildman–Crippen LogP) is 3.65. The van der Waals surface area contributed by atoms with Gasteiger partial charge >= 0.3 is 0 Å². The quantitative estimate of drug-likeness (QED) is 0.652. The van der Waals surface area contributed by atoms with Crippen LogP contribution in [0.5, 0.6) is 0 Å². The second-order valence-corrected chi connectivity index (χ2v) is 5.06. The first kappa shape index (κ1) is 10.7. The van der Waals surface area contributed by atoms with Crippen LogP contribution in [0.4, 0.5) is 0 Å². The second-order valence-electron chi connectivity index (χ2n) is 4.32. The number of ketones is 1. The molecule has 1 aliphatic carbocycles. The van der Waals surface area contributed by atoms with Crippen molar-refractivity contribution in [2.45, 2.75) is 20.3 Å². The topological polar surface area (TPSA) is 26.3 Å². The fourth-order valence-corrected chi connectivity index (χ4v) is 3.04. The zero-order valence-electron chi connectivity index (χ0n) is 9.74. The van der Waals surface area contributed by atoms with Crippen molar-refractivity contribution >= 4 is 17.8 Å². The third-order valence-electron chi connectivity index (χ3n) is 3.34. The van der Waals surface area contributed by atoms with Crippen LogP contribution in [0.25, 0.3) is 0 Å². The van der Waals surface area contributed by atoms with Crippen LogP contribution in [0, 0.1) is 0 Å². The molecule has 2 aliphatic rings. The maximum absolute atomic E-state index is 12.3. The van der Waals surface area contributed by atoms with Crippen LogP contribution in [-0.4, -0.2) is 5.78 Å². The minimum Gasteiger partial charge on any atom is -0.425 e. The monoisotopic (exact) mass is 244 g/mol. The van der Waals surface area contributed by atoms with E-state index >= 15 is 0 Å². The van der Waals surface area contributed by atoms with Gasteiger partial charge in [0.1, 0.15) is 5.76 Å². The molecule has 1 aromatic rings. The molecule has 0 amide bonds. The molecule has 3 heteroatoms. The normalized spacial score (nSPS) is 18.8. The standard InChI is InChI=1S/C14H12O2S/c1-8-9(2)16-17-14-12(8)7-10-5-3-4-6-11(10)13(14)15/h3-6H,7H2,1-2H3. The Balaban J connectivity index is 2.17. The van der Waals surface area contributed by atoms with Crippen molar-refractivity contribution in [1.82, 2.24) is 0 Å². The molecule has 0 saturated heterocycles. The summed E-state index contributed by atoms with van der Waals surface area (Å²) in [6.07, 6.45) is 0.830. The molecule has 0 spiro atoms. The van der Waals surface area contributed by atoms with Gasteiger partial charge in [-0.3, -0.25) is 4.79 Å². The van der Waals surface area contributed by atoms with Crippen LogP contribution in [0.2, 0.25) is 0 Å². The Hall–Kier alpha value is -1.48. The third kappa shape index (κ3) is 1.53. The Kier molecular flexibility index (Phi) is 2.37. The average molecular weight is 244 g/mol. The molecule has 1 aliphatic heterocycles. The Bertz CT molecular complexity index is 582. The van der Waals surface area contributed by atoms with Crippen LogP contribution in [0.15, 0.2) is 46.1 Å². The van der Waals surface area contributed by atoms with Gasteiger partial charge in [-0.05, 0) is 37.0 Å². The van der Waals surface area contributed by atoms with Crippen molar-refractivity contribution in [3.05, 3.63) is 57.2 Å². The van der Waals surface area contributed by atoms with E-state index in [1.807, 2.05) is 38.1 Å². The number of hydrogen-bond acceptors (Lipinski definition) is 3. The van der Waals surface area contributed by atoms with Crippen molar-refractivity contribution in [2.75, 3.05) is 0 Å². The van der Waals surface area contributed by atoms with Crippen LogP contribution < -0.4 is 0 Å². The number of carbonyl (C=O) groups excluding carboxylic acids is 1. The number of rotatable bonds is 0. The molecule has 1 aromatic carbocycles. The zero-order valence-corrected chi connectivity index (χ0v) is 10.6. The largest absolute Gasteiger partial charge is 0.425 e. The highest BCUT2D eigenvalue weighted by Gasteiger charge is 2.31. The average Bonchev–Trinajstić information content (AvgIpc) is 2.35. The van der Waals surface area contributed by atoms with Gasteiger partial charge in [0.2, 0.25) is 5.78 Å². The number of fused-ring (bicyclic) bond motifs is 1. The molecule has 0 radical (unpaired) electrons. The van der Waals surface area contributed by atoms with Gasteiger partial charge < -0.3 is 4.18 Å². The van der Waals surface area contributed by atoms with Crippen molar-refractivity contribution in [3.63, 3.8) is 0 Å². The summed E-state index contributed by atoms with van der Waals surface area (Å²) in [5.41, 5.74) is 4.16. The minimum absolute atomic E-state index is 0.0960. The van der Waals surface area contributed by atoms with E-state index in [0.717, 1.165) is 39.4 Å². The molecule has 3 rings (SSSR count). The molecule has 0 saturated carbocycles. The maximum Gasteiger partial charge on any atom is 0.203 e. The molecule has 0 aromatic heterocycles. The smallest absolute Gasteiger partial charge is 0.203 e. The Morgan fingerprint density at radius 2 is 2.00 bits per heavy atom. The lowest BCUT2D eigenvalue weighted by atomic mass is 9.87. The van der Waals surface area contributed by atoms with Crippen molar-refractivity contribution in [2.24, 2.45) is 0 Å². The number of carbonyl (C=O) groups is 1. The summed E-state index contributed by atoms with van der Waals surface area (Å²) in [5.74, 6) is 1.000. The van der Waals surface area contributed by atoms with E-state index in [-0.39, 0.29) is 5.78 Å². The first-order chi connectivity index (χ1) is 8.18. The first-order valence-corrected chi connectivity index (χ1v) is 6.31. The highest BCUT2D eigenvalue weighted by molar-refractivity contribution is 7.99. The van der Waals surface area contributed by atoms with E-state index in [2.05, 4.69) is 0 Å². The molecular formula is C14H12O2S. The maximum atomic E-state index is 12.3. The van der Waals surface area contributed by atoms with Crippen LogP contribution >= 0.6 is 12.0 Å². The Labute approximate surface area is 105 Å². The lowest BCUT2D eigenvalue weighted by molar-refractivity contribution is 0.103. The lowest BCUT2D eigenvalue weighted by Crippen LogP contribution is -2.18. The van der Waals surface area contributed by atoms with Gasteiger partial charge in [-0.2, -0.15) is 0 Å². The van der Waals surface area contributed by atoms with Crippen molar-refractivity contribution in [3.8, 4) is 0 Å². The summed E-state index contributed by atoms with van der Waals surface area (Å²) in [6.45, 7) is 3.96. The molecule has 0 bridgehead atoms. The minimum atomic E-state index is 0.0960. The molecule has 0 atom stereocenters. The zero-order chi connectivity index (χ0) is 12.0. The van der Waals surface area contributed by atoms with E-state index in [0.29, 0.717) is 0 Å². The van der Waals surface area contributed by atoms with Gasteiger partial charge in [-0.25, -0.2) is 0 Å². The molecule has 1 heterocycles. The fraction of sp³-hybridized carbons (Fsp3) is 0.214. The number of benzene rings is 1. The van der Waals surface area contributed by atoms with Crippen molar-refractivity contribution in [1.29, 1.82) is 0 Å². The Morgan fingerprint density at radius 1 is 1.24 bits per heavy atom. The molecule has 0 fully saturated rings. The molecular weight excluding hydrogens is 232 g/mol. The summed E-state index contributed by atoms with van der Waals surface area (Å²) in [6, 6.07) is 7.81. The van der Waals surface area contributed by atoms with E-state index in [1.165, 1.54) is 12.0 Å². The molecule has 0 N–H and O–H groups in total. The summed E-state index contributed by atoms with van der Waals surface area (Å²) < 4.78 is 5.46. The molecule has 2 nitrogen and oxygen atoms in total. The highest BCUT2D eigenvalue weighted by Crippen LogP contribution is 2.41. The Morgan fingerprint density at radius 3 is 2.82 bits per heavy atom.